The lowest BCUT2D eigenvalue weighted by atomic mass is 9.57. The molecule has 3 atom stereocenters. The Morgan fingerprint density at radius 1 is 1.15 bits per heavy atom. The molecule has 3 unspecified atom stereocenters. The molecule has 0 saturated heterocycles. The van der Waals surface area contributed by atoms with Crippen molar-refractivity contribution in [2.75, 3.05) is 14.1 Å². The van der Waals surface area contributed by atoms with Crippen molar-refractivity contribution < 1.29 is 0 Å². The van der Waals surface area contributed by atoms with Crippen molar-refractivity contribution in [3.8, 4) is 0 Å². The van der Waals surface area contributed by atoms with Crippen LogP contribution < -0.4 is 0 Å². The maximum absolute atomic E-state index is 2.53. The van der Waals surface area contributed by atoms with Crippen molar-refractivity contribution in [3.05, 3.63) is 0 Å². The highest BCUT2D eigenvalue weighted by molar-refractivity contribution is 5.12. The van der Waals surface area contributed by atoms with Crippen LogP contribution in [0, 0.1) is 17.3 Å². The van der Waals surface area contributed by atoms with Gasteiger partial charge < -0.3 is 4.90 Å². The molecule has 0 radical (unpaired) electrons. The lowest BCUT2D eigenvalue weighted by Gasteiger charge is -2.53. The van der Waals surface area contributed by atoms with Crippen LogP contribution in [0.5, 0.6) is 0 Å². The Bertz CT molecular complexity index is 217. The van der Waals surface area contributed by atoms with Crippen molar-refractivity contribution in [1.82, 2.24) is 4.90 Å². The van der Waals surface area contributed by atoms with Gasteiger partial charge in [-0.15, -0.1) is 0 Å². The van der Waals surface area contributed by atoms with E-state index in [-0.39, 0.29) is 0 Å². The predicted molar refractivity (Wildman–Crippen MR) is 54.6 cm³/mol. The SMILES string of the molecule is CN(C)C1C2CCC(C2)C12CCC2. The Hall–Kier alpha value is -0.0400. The molecule has 0 aliphatic heterocycles. The van der Waals surface area contributed by atoms with E-state index in [1.54, 1.807) is 12.8 Å². The van der Waals surface area contributed by atoms with Crippen LogP contribution in [0.25, 0.3) is 0 Å². The lowest BCUT2D eigenvalue weighted by molar-refractivity contribution is -0.0254. The molecule has 3 saturated carbocycles. The van der Waals surface area contributed by atoms with Crippen molar-refractivity contribution in [2.24, 2.45) is 17.3 Å². The van der Waals surface area contributed by atoms with Gasteiger partial charge in [-0.1, -0.05) is 6.42 Å². The summed E-state index contributed by atoms with van der Waals surface area (Å²) in [5.41, 5.74) is 0.798. The van der Waals surface area contributed by atoms with Gasteiger partial charge in [-0.25, -0.2) is 0 Å². The number of hydrogen-bond donors (Lipinski definition) is 0. The van der Waals surface area contributed by atoms with Gasteiger partial charge in [0.05, 0.1) is 0 Å². The smallest absolute Gasteiger partial charge is 0.0177 e. The molecule has 0 heterocycles. The average Bonchev–Trinajstić information content (AvgIpc) is 2.56. The first-order valence-electron chi connectivity index (χ1n) is 5.90. The normalized spacial score (nSPS) is 45.9. The molecule has 0 amide bonds. The van der Waals surface area contributed by atoms with Gasteiger partial charge in [0.15, 0.2) is 0 Å². The second-order valence-corrected chi connectivity index (χ2v) is 5.77. The lowest BCUT2D eigenvalue weighted by Crippen LogP contribution is -2.52. The van der Waals surface area contributed by atoms with Gasteiger partial charge in [-0.2, -0.15) is 0 Å². The summed E-state index contributed by atoms with van der Waals surface area (Å²) in [6.07, 6.45) is 9.22. The topological polar surface area (TPSA) is 3.24 Å². The Balaban J connectivity index is 1.91. The molecule has 0 aromatic rings. The summed E-state index contributed by atoms with van der Waals surface area (Å²) in [6, 6.07) is 0.944. The first-order valence-corrected chi connectivity index (χ1v) is 5.90. The molecule has 2 bridgehead atoms. The standard InChI is InChI=1S/C12H21N/c1-13(2)11-9-4-5-10(8-9)12(11)6-3-7-12/h9-11H,3-8H2,1-2H3. The van der Waals surface area contributed by atoms with Crippen molar-refractivity contribution >= 4 is 0 Å². The first kappa shape index (κ1) is 8.28. The zero-order chi connectivity index (χ0) is 9.05. The second-order valence-electron chi connectivity index (χ2n) is 5.77. The molecule has 0 aromatic carbocycles. The molecule has 74 valence electrons. The maximum Gasteiger partial charge on any atom is 0.0177 e. The summed E-state index contributed by atoms with van der Waals surface area (Å²) in [7, 11) is 4.59. The Morgan fingerprint density at radius 2 is 1.92 bits per heavy atom. The fourth-order valence-electron chi connectivity index (χ4n) is 4.76. The number of nitrogens with zero attached hydrogens (tertiary/aromatic N) is 1. The molecule has 3 aliphatic rings. The highest BCUT2D eigenvalue weighted by Crippen LogP contribution is 2.65. The van der Waals surface area contributed by atoms with Gasteiger partial charge >= 0.3 is 0 Å². The number of rotatable bonds is 1. The molecule has 0 N–H and O–H groups in total. The fraction of sp³-hybridized carbons (Fsp3) is 1.00. The van der Waals surface area contributed by atoms with E-state index >= 15 is 0 Å². The zero-order valence-corrected chi connectivity index (χ0v) is 8.92. The van der Waals surface area contributed by atoms with Crippen LogP contribution in [-0.2, 0) is 0 Å². The van der Waals surface area contributed by atoms with E-state index in [1.165, 1.54) is 25.7 Å². The largest absolute Gasteiger partial charge is 0.306 e. The maximum atomic E-state index is 2.53. The minimum absolute atomic E-state index is 0.798. The van der Waals surface area contributed by atoms with E-state index < -0.39 is 0 Å². The van der Waals surface area contributed by atoms with Crippen LogP contribution in [0.3, 0.4) is 0 Å². The molecular formula is C12H21N. The molecule has 3 aliphatic carbocycles. The van der Waals surface area contributed by atoms with Crippen LogP contribution in [0.15, 0.2) is 0 Å². The molecule has 0 aromatic heterocycles. The van der Waals surface area contributed by atoms with Crippen LogP contribution in [-0.4, -0.2) is 25.0 Å². The van der Waals surface area contributed by atoms with E-state index in [0.717, 1.165) is 23.3 Å². The van der Waals surface area contributed by atoms with Gasteiger partial charge in [0, 0.05) is 6.04 Å². The van der Waals surface area contributed by atoms with Crippen molar-refractivity contribution in [2.45, 2.75) is 44.6 Å². The molecule has 3 rings (SSSR count). The van der Waals surface area contributed by atoms with E-state index in [0.29, 0.717) is 0 Å². The first-order chi connectivity index (χ1) is 6.24. The molecule has 13 heavy (non-hydrogen) atoms. The van der Waals surface area contributed by atoms with Crippen LogP contribution in [0.2, 0.25) is 0 Å². The fourth-order valence-corrected chi connectivity index (χ4v) is 4.76. The summed E-state index contributed by atoms with van der Waals surface area (Å²) in [6.45, 7) is 0. The second kappa shape index (κ2) is 2.50. The van der Waals surface area contributed by atoms with E-state index in [4.69, 9.17) is 0 Å². The molecule has 3 fully saturated rings. The molecule has 1 heteroatoms. The van der Waals surface area contributed by atoms with Gasteiger partial charge in [0.2, 0.25) is 0 Å². The zero-order valence-electron chi connectivity index (χ0n) is 8.92. The van der Waals surface area contributed by atoms with Gasteiger partial charge in [0.1, 0.15) is 0 Å². The third-order valence-corrected chi connectivity index (χ3v) is 5.16. The minimum Gasteiger partial charge on any atom is -0.306 e. The highest BCUT2D eigenvalue weighted by atomic mass is 15.1. The van der Waals surface area contributed by atoms with Crippen LogP contribution >= 0.6 is 0 Å². The Morgan fingerprint density at radius 3 is 2.38 bits per heavy atom. The van der Waals surface area contributed by atoms with Crippen LogP contribution in [0.1, 0.15) is 38.5 Å². The quantitative estimate of drug-likeness (QED) is 0.598. The molecule has 1 spiro atoms. The van der Waals surface area contributed by atoms with E-state index in [1.807, 2.05) is 0 Å². The Labute approximate surface area is 81.5 Å². The number of hydrogen-bond acceptors (Lipinski definition) is 1. The minimum atomic E-state index is 0.798. The summed E-state index contributed by atoms with van der Waals surface area (Å²) >= 11 is 0. The molecular weight excluding hydrogens is 158 g/mol. The predicted octanol–water partition coefficient (Wildman–Crippen LogP) is 2.52. The van der Waals surface area contributed by atoms with Gasteiger partial charge in [0.25, 0.3) is 0 Å². The summed E-state index contributed by atoms with van der Waals surface area (Å²) in [5.74, 6) is 2.17. The van der Waals surface area contributed by atoms with Crippen LogP contribution in [0.4, 0.5) is 0 Å². The third-order valence-electron chi connectivity index (χ3n) is 5.16. The van der Waals surface area contributed by atoms with Gasteiger partial charge in [-0.3, -0.25) is 0 Å². The summed E-state index contributed by atoms with van der Waals surface area (Å²) < 4.78 is 0. The van der Waals surface area contributed by atoms with Crippen molar-refractivity contribution in [3.63, 3.8) is 0 Å². The van der Waals surface area contributed by atoms with Crippen molar-refractivity contribution in [1.29, 1.82) is 0 Å². The molecule has 1 nitrogen and oxygen atoms in total. The van der Waals surface area contributed by atoms with E-state index in [9.17, 15) is 0 Å². The summed E-state index contributed by atoms with van der Waals surface area (Å²) in [5, 5.41) is 0. The third kappa shape index (κ3) is 0.869. The summed E-state index contributed by atoms with van der Waals surface area (Å²) in [4.78, 5) is 2.53. The average molecular weight is 179 g/mol. The Kier molecular flexibility index (Phi) is 1.59. The van der Waals surface area contributed by atoms with E-state index in [2.05, 4.69) is 19.0 Å². The number of fused-ring (bicyclic) bond motifs is 3. The van der Waals surface area contributed by atoms with Gasteiger partial charge in [-0.05, 0) is 63.5 Å². The monoisotopic (exact) mass is 179 g/mol. The highest BCUT2D eigenvalue weighted by Gasteiger charge is 2.60.